The summed E-state index contributed by atoms with van der Waals surface area (Å²) in [5.74, 6) is 0.451. The third kappa shape index (κ3) is 5.13. The Morgan fingerprint density at radius 1 is 1.33 bits per heavy atom. The van der Waals surface area contributed by atoms with Crippen LogP contribution in [0, 0.1) is 0 Å². The number of carbonyl (C=O) groups is 2. The van der Waals surface area contributed by atoms with Gasteiger partial charge in [0.25, 0.3) is 11.6 Å². The minimum absolute atomic E-state index is 0.145. The molecule has 2 heterocycles. The van der Waals surface area contributed by atoms with Crippen molar-refractivity contribution in [1.29, 1.82) is 0 Å². The Bertz CT molecular complexity index is 718. The molecule has 7 nitrogen and oxygen atoms in total. The molecule has 2 aromatic rings. The number of carbonyl (C=O) groups excluding carboxylic acids is 1. The van der Waals surface area contributed by atoms with Crippen LogP contribution in [0.4, 0.5) is 0 Å². The van der Waals surface area contributed by atoms with Crippen molar-refractivity contribution in [3.8, 4) is 0 Å². The molecule has 0 atom stereocenters. The molecular formula is C15H19N3O4S2. The zero-order valence-electron chi connectivity index (χ0n) is 13.4. The van der Waals surface area contributed by atoms with Crippen LogP contribution in [0.5, 0.6) is 0 Å². The fourth-order valence-corrected chi connectivity index (χ4v) is 3.83. The van der Waals surface area contributed by atoms with Crippen molar-refractivity contribution in [3.05, 3.63) is 23.5 Å². The maximum absolute atomic E-state index is 12.2. The summed E-state index contributed by atoms with van der Waals surface area (Å²) in [6.45, 7) is 4.51. The van der Waals surface area contributed by atoms with Crippen molar-refractivity contribution in [2.45, 2.75) is 26.2 Å². The summed E-state index contributed by atoms with van der Waals surface area (Å²) < 4.78 is 5.16. The number of rotatable bonds is 9. The van der Waals surface area contributed by atoms with Crippen LogP contribution in [0.3, 0.4) is 0 Å². The summed E-state index contributed by atoms with van der Waals surface area (Å²) in [6, 6.07) is 1.75. The number of carboxylic acids is 1. The van der Waals surface area contributed by atoms with Crippen molar-refractivity contribution >= 4 is 44.6 Å². The molecule has 0 saturated carbocycles. The molecule has 0 aliphatic heterocycles. The quantitative estimate of drug-likeness (QED) is 0.513. The fraction of sp³-hybridized carbons (Fsp3) is 0.467. The van der Waals surface area contributed by atoms with Crippen LogP contribution in [-0.2, 0) is 4.79 Å². The molecular weight excluding hydrogens is 350 g/mol. The van der Waals surface area contributed by atoms with Gasteiger partial charge in [0.1, 0.15) is 0 Å². The van der Waals surface area contributed by atoms with E-state index in [9.17, 15) is 9.59 Å². The lowest BCUT2D eigenvalue weighted by Gasteiger charge is -2.05. The number of hydrogen-bond acceptors (Lipinski definition) is 7. The first-order valence-corrected chi connectivity index (χ1v) is 9.97. The first-order valence-electron chi connectivity index (χ1n) is 7.48. The number of carboxylic acid groups (broad SMARTS) is 1. The molecule has 0 bridgehead atoms. The summed E-state index contributed by atoms with van der Waals surface area (Å²) in [6.07, 6.45) is 1.62. The van der Waals surface area contributed by atoms with Crippen LogP contribution < -0.4 is 5.32 Å². The molecule has 0 aliphatic carbocycles. The molecule has 24 heavy (non-hydrogen) atoms. The first-order chi connectivity index (χ1) is 11.5. The van der Waals surface area contributed by atoms with Crippen LogP contribution in [-0.4, -0.2) is 45.2 Å². The molecule has 2 rings (SSSR count). The third-order valence-electron chi connectivity index (χ3n) is 3.12. The van der Waals surface area contributed by atoms with Gasteiger partial charge in [-0.1, -0.05) is 40.6 Å². The van der Waals surface area contributed by atoms with E-state index in [0.29, 0.717) is 29.3 Å². The SMILES string of the molecule is CC(C)c1noc2ncc(C(=O)NCCSSCCC(=O)O)cc12. The number of hydrogen-bond donors (Lipinski definition) is 2. The molecule has 9 heteroatoms. The Hall–Kier alpha value is -1.74. The average molecular weight is 369 g/mol. The predicted molar refractivity (Wildman–Crippen MR) is 95.4 cm³/mol. The number of aliphatic carboxylic acids is 1. The maximum Gasteiger partial charge on any atom is 0.304 e. The number of amides is 1. The van der Waals surface area contributed by atoms with E-state index in [1.54, 1.807) is 16.9 Å². The van der Waals surface area contributed by atoms with E-state index in [4.69, 9.17) is 9.63 Å². The molecule has 0 fully saturated rings. The Morgan fingerprint density at radius 3 is 2.79 bits per heavy atom. The Labute approximate surface area is 147 Å². The van der Waals surface area contributed by atoms with Gasteiger partial charge in [-0.25, -0.2) is 4.98 Å². The summed E-state index contributed by atoms with van der Waals surface area (Å²) >= 11 is 0. The van der Waals surface area contributed by atoms with Crippen LogP contribution in [0.2, 0.25) is 0 Å². The minimum Gasteiger partial charge on any atom is -0.481 e. The van der Waals surface area contributed by atoms with Gasteiger partial charge in [-0.05, 0) is 12.0 Å². The molecule has 0 aliphatic rings. The van der Waals surface area contributed by atoms with Crippen LogP contribution in [0.1, 0.15) is 42.2 Å². The van der Waals surface area contributed by atoms with E-state index < -0.39 is 5.97 Å². The number of nitrogens with one attached hydrogen (secondary N) is 1. The first kappa shape index (κ1) is 18.6. The zero-order valence-corrected chi connectivity index (χ0v) is 15.1. The van der Waals surface area contributed by atoms with Crippen molar-refractivity contribution in [3.63, 3.8) is 0 Å². The molecule has 1 amide bonds. The van der Waals surface area contributed by atoms with E-state index in [2.05, 4.69) is 15.5 Å². The van der Waals surface area contributed by atoms with Crippen molar-refractivity contribution < 1.29 is 19.2 Å². The molecule has 0 unspecified atom stereocenters. The molecule has 0 spiro atoms. The van der Waals surface area contributed by atoms with Gasteiger partial charge in [0.2, 0.25) is 0 Å². The highest BCUT2D eigenvalue weighted by atomic mass is 33.1. The number of nitrogens with zero attached hydrogens (tertiary/aromatic N) is 2. The maximum atomic E-state index is 12.2. The standard InChI is InChI=1S/C15H19N3O4S2/c1-9(2)13-11-7-10(8-17-15(11)22-18-13)14(21)16-4-6-24-23-5-3-12(19)20/h7-9H,3-6H2,1-2H3,(H,16,21)(H,19,20). The van der Waals surface area contributed by atoms with Gasteiger partial charge in [-0.15, -0.1) is 0 Å². The minimum atomic E-state index is -0.797. The molecule has 0 saturated heterocycles. The fourth-order valence-electron chi connectivity index (χ4n) is 1.95. The van der Waals surface area contributed by atoms with Gasteiger partial charge in [0, 0.05) is 24.2 Å². The zero-order chi connectivity index (χ0) is 17.5. The Kier molecular flexibility index (Phi) is 6.92. The van der Waals surface area contributed by atoms with Gasteiger partial charge in [-0.3, -0.25) is 9.59 Å². The van der Waals surface area contributed by atoms with Crippen molar-refractivity contribution in [2.75, 3.05) is 18.1 Å². The highest BCUT2D eigenvalue weighted by Gasteiger charge is 2.15. The lowest BCUT2D eigenvalue weighted by molar-refractivity contribution is -0.136. The van der Waals surface area contributed by atoms with E-state index >= 15 is 0 Å². The summed E-state index contributed by atoms with van der Waals surface area (Å²) in [5, 5.41) is 16.1. The number of fused-ring (bicyclic) bond motifs is 1. The molecule has 0 radical (unpaired) electrons. The van der Waals surface area contributed by atoms with E-state index in [1.807, 2.05) is 13.8 Å². The molecule has 0 aromatic carbocycles. The van der Waals surface area contributed by atoms with Gasteiger partial charge in [-0.2, -0.15) is 0 Å². The van der Waals surface area contributed by atoms with Crippen LogP contribution in [0.15, 0.2) is 16.8 Å². The molecule has 2 aromatic heterocycles. The van der Waals surface area contributed by atoms with E-state index in [-0.39, 0.29) is 18.2 Å². The van der Waals surface area contributed by atoms with E-state index in [1.165, 1.54) is 17.0 Å². The van der Waals surface area contributed by atoms with Gasteiger partial charge < -0.3 is 14.9 Å². The lowest BCUT2D eigenvalue weighted by Crippen LogP contribution is -2.25. The van der Waals surface area contributed by atoms with Crippen molar-refractivity contribution in [1.82, 2.24) is 15.5 Å². The second-order valence-corrected chi connectivity index (χ2v) is 8.04. The Balaban J connectivity index is 1.83. The number of aromatic nitrogens is 2. The topological polar surface area (TPSA) is 105 Å². The third-order valence-corrected chi connectivity index (χ3v) is 5.53. The number of pyridine rings is 1. The van der Waals surface area contributed by atoms with Gasteiger partial charge in [0.05, 0.1) is 23.1 Å². The van der Waals surface area contributed by atoms with Crippen LogP contribution in [0.25, 0.3) is 11.1 Å². The van der Waals surface area contributed by atoms with Gasteiger partial charge in [0.15, 0.2) is 0 Å². The largest absolute Gasteiger partial charge is 0.481 e. The highest BCUT2D eigenvalue weighted by molar-refractivity contribution is 8.76. The van der Waals surface area contributed by atoms with Crippen molar-refractivity contribution in [2.24, 2.45) is 0 Å². The van der Waals surface area contributed by atoms with Crippen LogP contribution >= 0.6 is 21.6 Å². The van der Waals surface area contributed by atoms with Gasteiger partial charge >= 0.3 is 5.97 Å². The highest BCUT2D eigenvalue weighted by Crippen LogP contribution is 2.24. The normalized spacial score (nSPS) is 11.1. The second kappa shape index (κ2) is 8.93. The molecule has 130 valence electrons. The average Bonchev–Trinajstić information content (AvgIpc) is 2.96. The van der Waals surface area contributed by atoms with E-state index in [0.717, 1.165) is 11.1 Å². The summed E-state index contributed by atoms with van der Waals surface area (Å²) in [7, 11) is 3.03. The lowest BCUT2D eigenvalue weighted by atomic mass is 10.1. The molecule has 2 N–H and O–H groups in total. The summed E-state index contributed by atoms with van der Waals surface area (Å²) in [5.41, 5.74) is 1.69. The predicted octanol–water partition coefficient (Wildman–Crippen LogP) is 2.93. The summed E-state index contributed by atoms with van der Waals surface area (Å²) in [4.78, 5) is 26.7. The smallest absolute Gasteiger partial charge is 0.304 e. The second-order valence-electron chi connectivity index (χ2n) is 5.34. The monoisotopic (exact) mass is 369 g/mol. The Morgan fingerprint density at radius 2 is 2.08 bits per heavy atom.